The van der Waals surface area contributed by atoms with E-state index in [0.717, 1.165) is 36.1 Å². The highest BCUT2D eigenvalue weighted by molar-refractivity contribution is 8.02. The molecule has 38 heavy (non-hydrogen) atoms. The third-order valence-electron chi connectivity index (χ3n) is 8.32. The SMILES string of the molecule is C=CCN(CCC)C(=O)[C@@H]1[C@@H]2CCC3(S2)C(C(=O)N(CC=C)c2c(C)cccc2C)N(CCCO)C(=O)[C@H]13. The van der Waals surface area contributed by atoms with Gasteiger partial charge in [0.1, 0.15) is 6.04 Å². The minimum absolute atomic E-state index is 0.00271. The molecule has 206 valence electrons. The Balaban J connectivity index is 1.78. The Morgan fingerprint density at radius 2 is 1.87 bits per heavy atom. The first-order valence-electron chi connectivity index (χ1n) is 13.7. The normalized spacial score (nSPS) is 27.4. The van der Waals surface area contributed by atoms with Crippen LogP contribution in [0.3, 0.4) is 0 Å². The molecule has 3 fully saturated rings. The van der Waals surface area contributed by atoms with Crippen LogP contribution in [0, 0.1) is 25.7 Å². The maximum atomic E-state index is 14.6. The van der Waals surface area contributed by atoms with Crippen molar-refractivity contribution in [1.82, 2.24) is 9.80 Å². The van der Waals surface area contributed by atoms with Crippen molar-refractivity contribution < 1.29 is 19.5 Å². The van der Waals surface area contributed by atoms with Crippen LogP contribution in [0.2, 0.25) is 0 Å². The topological polar surface area (TPSA) is 81.2 Å². The number of likely N-dealkylation sites (tertiary alicyclic amines) is 1. The van der Waals surface area contributed by atoms with Gasteiger partial charge in [0.15, 0.2) is 0 Å². The van der Waals surface area contributed by atoms with E-state index in [-0.39, 0.29) is 36.1 Å². The Bertz CT molecular complexity index is 1090. The summed E-state index contributed by atoms with van der Waals surface area (Å²) in [6.45, 7) is 15.3. The van der Waals surface area contributed by atoms with Crippen LogP contribution in [0.1, 0.15) is 43.7 Å². The van der Waals surface area contributed by atoms with Crippen LogP contribution in [0.15, 0.2) is 43.5 Å². The fourth-order valence-corrected chi connectivity index (χ4v) is 9.13. The average molecular weight is 540 g/mol. The Kier molecular flexibility index (Phi) is 8.72. The van der Waals surface area contributed by atoms with Crippen molar-refractivity contribution >= 4 is 35.2 Å². The summed E-state index contributed by atoms with van der Waals surface area (Å²) in [7, 11) is 0. The van der Waals surface area contributed by atoms with Crippen LogP contribution < -0.4 is 4.90 Å². The second-order valence-corrected chi connectivity index (χ2v) is 12.3. The summed E-state index contributed by atoms with van der Waals surface area (Å²) in [5.41, 5.74) is 2.81. The van der Waals surface area contributed by atoms with E-state index in [0.29, 0.717) is 26.1 Å². The molecule has 5 atom stereocenters. The monoisotopic (exact) mass is 539 g/mol. The van der Waals surface area contributed by atoms with Crippen molar-refractivity contribution in [2.24, 2.45) is 11.8 Å². The third kappa shape index (κ3) is 4.60. The van der Waals surface area contributed by atoms with Crippen LogP contribution >= 0.6 is 11.8 Å². The molecule has 1 aromatic carbocycles. The van der Waals surface area contributed by atoms with Gasteiger partial charge in [-0.1, -0.05) is 37.3 Å². The molecule has 1 spiro atoms. The number of benzene rings is 1. The zero-order valence-electron chi connectivity index (χ0n) is 22.9. The van der Waals surface area contributed by atoms with E-state index in [9.17, 15) is 19.5 Å². The summed E-state index contributed by atoms with van der Waals surface area (Å²) in [6.07, 6.45) is 6.19. The molecule has 3 heterocycles. The van der Waals surface area contributed by atoms with Gasteiger partial charge in [0, 0.05) is 43.7 Å². The molecular formula is C30H41N3O4S. The predicted octanol–water partition coefficient (Wildman–Crippen LogP) is 3.72. The molecule has 3 aliphatic rings. The smallest absolute Gasteiger partial charge is 0.251 e. The first-order chi connectivity index (χ1) is 18.3. The molecule has 2 unspecified atom stereocenters. The number of aliphatic hydroxyl groups is 1. The van der Waals surface area contributed by atoms with Crippen molar-refractivity contribution in [3.05, 3.63) is 54.6 Å². The van der Waals surface area contributed by atoms with Gasteiger partial charge in [-0.25, -0.2) is 0 Å². The quantitative estimate of drug-likeness (QED) is 0.410. The van der Waals surface area contributed by atoms with Crippen molar-refractivity contribution in [1.29, 1.82) is 0 Å². The predicted molar refractivity (Wildman–Crippen MR) is 153 cm³/mol. The third-order valence-corrected chi connectivity index (χ3v) is 10.3. The molecule has 3 amide bonds. The maximum absolute atomic E-state index is 14.6. The van der Waals surface area contributed by atoms with E-state index in [4.69, 9.17) is 0 Å². The molecule has 0 radical (unpaired) electrons. The lowest BCUT2D eigenvalue weighted by Crippen LogP contribution is -2.55. The van der Waals surface area contributed by atoms with E-state index in [1.54, 1.807) is 33.7 Å². The van der Waals surface area contributed by atoms with Gasteiger partial charge in [-0.15, -0.1) is 24.9 Å². The summed E-state index contributed by atoms with van der Waals surface area (Å²) in [5, 5.41) is 9.64. The van der Waals surface area contributed by atoms with Gasteiger partial charge in [0.25, 0.3) is 5.91 Å². The number of anilines is 1. The van der Waals surface area contributed by atoms with Crippen LogP contribution in [0.25, 0.3) is 0 Å². The number of nitrogens with zero attached hydrogens (tertiary/aromatic N) is 3. The summed E-state index contributed by atoms with van der Waals surface area (Å²) in [4.78, 5) is 47.9. The largest absolute Gasteiger partial charge is 0.396 e. The van der Waals surface area contributed by atoms with Crippen LogP contribution in [0.4, 0.5) is 5.69 Å². The highest BCUT2D eigenvalue weighted by Gasteiger charge is 2.74. The van der Waals surface area contributed by atoms with Gasteiger partial charge in [-0.05, 0) is 50.7 Å². The number of carbonyl (C=O) groups excluding carboxylic acids is 3. The zero-order valence-corrected chi connectivity index (χ0v) is 23.7. The van der Waals surface area contributed by atoms with Crippen molar-refractivity contribution in [2.75, 3.05) is 37.7 Å². The van der Waals surface area contributed by atoms with Gasteiger partial charge in [0.2, 0.25) is 11.8 Å². The molecule has 3 aliphatic heterocycles. The number of aliphatic hydroxyl groups excluding tert-OH is 1. The average Bonchev–Trinajstić information content (AvgIpc) is 3.53. The van der Waals surface area contributed by atoms with E-state index < -0.39 is 22.6 Å². The lowest BCUT2D eigenvalue weighted by atomic mass is 9.70. The molecule has 4 rings (SSSR count). The van der Waals surface area contributed by atoms with Crippen LogP contribution in [-0.4, -0.2) is 81.5 Å². The molecule has 7 nitrogen and oxygen atoms in total. The number of para-hydroxylation sites is 1. The van der Waals surface area contributed by atoms with E-state index in [2.05, 4.69) is 13.2 Å². The van der Waals surface area contributed by atoms with Crippen molar-refractivity contribution in [2.45, 2.75) is 62.5 Å². The highest BCUT2D eigenvalue weighted by Crippen LogP contribution is 2.66. The first-order valence-corrected chi connectivity index (χ1v) is 14.6. The van der Waals surface area contributed by atoms with Crippen LogP contribution in [0.5, 0.6) is 0 Å². The number of hydrogen-bond donors (Lipinski definition) is 1. The molecule has 0 aliphatic carbocycles. The second-order valence-electron chi connectivity index (χ2n) is 10.7. The van der Waals surface area contributed by atoms with Gasteiger partial charge < -0.3 is 19.8 Å². The number of amides is 3. The number of rotatable bonds is 12. The molecule has 0 aromatic heterocycles. The maximum Gasteiger partial charge on any atom is 0.251 e. The standard InChI is InChI=1S/C30H41N3O4S/c1-6-15-31(16-7-2)27(35)23-22-13-14-30(38-22)24(23)28(36)33(18-10-19-34)26(30)29(37)32(17-8-3)25-20(4)11-9-12-21(25)5/h6,8-9,11-12,22-24,26,34H,1,3,7,10,13-19H2,2,4-5H3/t22-,23+,24-,26?,30?/m0/s1. The summed E-state index contributed by atoms with van der Waals surface area (Å²) < 4.78 is -0.656. The van der Waals surface area contributed by atoms with Gasteiger partial charge >= 0.3 is 0 Å². The van der Waals surface area contributed by atoms with Gasteiger partial charge in [-0.3, -0.25) is 14.4 Å². The van der Waals surface area contributed by atoms with E-state index >= 15 is 0 Å². The van der Waals surface area contributed by atoms with Gasteiger partial charge in [0.05, 0.1) is 16.6 Å². The number of hydrogen-bond acceptors (Lipinski definition) is 5. The molecule has 8 heteroatoms. The van der Waals surface area contributed by atoms with Crippen molar-refractivity contribution in [3.63, 3.8) is 0 Å². The summed E-state index contributed by atoms with van der Waals surface area (Å²) in [5.74, 6) is -1.25. The zero-order chi connectivity index (χ0) is 27.6. The lowest BCUT2D eigenvalue weighted by molar-refractivity contribution is -0.144. The lowest BCUT2D eigenvalue weighted by Gasteiger charge is -2.38. The molecule has 1 N–H and O–H groups in total. The highest BCUT2D eigenvalue weighted by atomic mass is 32.2. The Labute approximate surface area is 230 Å². The fourth-order valence-electron chi connectivity index (χ4n) is 6.92. The molecule has 3 saturated heterocycles. The number of aryl methyl sites for hydroxylation is 2. The molecule has 1 aromatic rings. The van der Waals surface area contributed by atoms with Crippen molar-refractivity contribution in [3.8, 4) is 0 Å². The molecule has 0 saturated carbocycles. The number of thioether (sulfide) groups is 1. The Morgan fingerprint density at radius 3 is 2.47 bits per heavy atom. The summed E-state index contributed by atoms with van der Waals surface area (Å²) >= 11 is 1.68. The van der Waals surface area contributed by atoms with E-state index in [1.165, 1.54) is 0 Å². The second kappa shape index (κ2) is 11.7. The fraction of sp³-hybridized carbons (Fsp3) is 0.567. The van der Waals surface area contributed by atoms with E-state index in [1.807, 2.05) is 43.9 Å². The Morgan fingerprint density at radius 1 is 1.18 bits per heavy atom. The molecular weight excluding hydrogens is 498 g/mol. The Hall–Kier alpha value is -2.58. The minimum atomic E-state index is -0.697. The summed E-state index contributed by atoms with van der Waals surface area (Å²) in [6, 6.07) is 5.25. The first kappa shape index (κ1) is 28.4. The number of carbonyl (C=O) groups is 3. The van der Waals surface area contributed by atoms with Crippen LogP contribution in [-0.2, 0) is 14.4 Å². The molecule has 2 bridgehead atoms. The minimum Gasteiger partial charge on any atom is -0.396 e. The van der Waals surface area contributed by atoms with Gasteiger partial charge in [-0.2, -0.15) is 0 Å². The number of fused-ring (bicyclic) bond motifs is 1.